The van der Waals surface area contributed by atoms with E-state index in [1.807, 2.05) is 35.4 Å². The summed E-state index contributed by atoms with van der Waals surface area (Å²) in [5, 5.41) is 10.8. The van der Waals surface area contributed by atoms with Crippen molar-refractivity contribution in [2.24, 2.45) is 0 Å². The fourth-order valence-electron chi connectivity index (χ4n) is 4.61. The number of aromatic nitrogens is 4. The van der Waals surface area contributed by atoms with Gasteiger partial charge >= 0.3 is 6.03 Å². The van der Waals surface area contributed by atoms with Gasteiger partial charge in [0.15, 0.2) is 17.1 Å². The van der Waals surface area contributed by atoms with Gasteiger partial charge in [0, 0.05) is 62.0 Å². The zero-order chi connectivity index (χ0) is 24.5. The lowest BCUT2D eigenvalue weighted by atomic mass is 9.94. The van der Waals surface area contributed by atoms with E-state index in [1.165, 1.54) is 0 Å². The molecule has 0 saturated carbocycles. The Morgan fingerprint density at radius 1 is 1.17 bits per heavy atom. The van der Waals surface area contributed by atoms with E-state index in [4.69, 9.17) is 22.3 Å². The van der Waals surface area contributed by atoms with Crippen molar-refractivity contribution >= 4 is 36.5 Å². The van der Waals surface area contributed by atoms with Crippen LogP contribution in [0.4, 0.5) is 16.3 Å². The highest BCUT2D eigenvalue weighted by molar-refractivity contribution is 6.36. The largest absolute Gasteiger partial charge is 0.454 e. The highest BCUT2D eigenvalue weighted by Crippen LogP contribution is 2.34. The van der Waals surface area contributed by atoms with Crippen LogP contribution in [0.25, 0.3) is 5.65 Å². The molecule has 0 aliphatic carbocycles. The highest BCUT2D eigenvalue weighted by atomic mass is 16.7. The molecule has 6 rings (SSSR count). The summed E-state index contributed by atoms with van der Waals surface area (Å²) in [5.41, 5.74) is 3.70. The second-order valence-corrected chi connectivity index (χ2v) is 8.90. The number of hydrogen-bond acceptors (Lipinski definition) is 7. The Kier molecular flexibility index (Phi) is 5.80. The van der Waals surface area contributed by atoms with E-state index in [9.17, 15) is 4.79 Å². The molecule has 11 heteroatoms. The number of nitrogens with one attached hydrogen (secondary N) is 2. The van der Waals surface area contributed by atoms with Crippen molar-refractivity contribution in [2.45, 2.75) is 25.3 Å². The third kappa shape index (κ3) is 4.39. The number of hydrogen-bond donors (Lipinski definition) is 2. The molecule has 1 saturated heterocycles. The fraction of sp³-hybridized carbons (Fsp3) is 0.280. The van der Waals surface area contributed by atoms with Crippen LogP contribution in [-0.4, -0.2) is 58.2 Å². The molecule has 2 radical (unpaired) electrons. The quantitative estimate of drug-likeness (QED) is 0.423. The summed E-state index contributed by atoms with van der Waals surface area (Å²) in [6, 6.07) is 11.1. The molecule has 3 aromatic heterocycles. The number of fused-ring (bicyclic) bond motifs is 2. The van der Waals surface area contributed by atoms with Crippen LogP contribution in [0.1, 0.15) is 30.0 Å². The van der Waals surface area contributed by atoms with Gasteiger partial charge in [0.05, 0.1) is 5.69 Å². The van der Waals surface area contributed by atoms with Gasteiger partial charge in [-0.05, 0) is 42.1 Å². The van der Waals surface area contributed by atoms with E-state index in [2.05, 4.69) is 20.7 Å². The topological polar surface area (TPSA) is 106 Å². The lowest BCUT2D eigenvalue weighted by molar-refractivity contribution is 0.174. The fourth-order valence-corrected chi connectivity index (χ4v) is 4.61. The van der Waals surface area contributed by atoms with Crippen LogP contribution < -0.4 is 25.6 Å². The van der Waals surface area contributed by atoms with Gasteiger partial charge in [0.2, 0.25) is 6.79 Å². The number of amides is 2. The SMILES string of the molecule is [B]c1cnn2c(NCc3cccnc3)cc(C3CCCN(C(=O)Nc4ccc5c(c4)OCO5)C3)nc12. The van der Waals surface area contributed by atoms with Crippen molar-refractivity contribution in [2.75, 3.05) is 30.5 Å². The third-order valence-corrected chi connectivity index (χ3v) is 6.47. The molecule has 0 bridgehead atoms. The number of nitrogens with zero attached hydrogens (tertiary/aromatic N) is 5. The molecule has 5 heterocycles. The Labute approximate surface area is 209 Å². The zero-order valence-electron chi connectivity index (χ0n) is 19.6. The predicted molar refractivity (Wildman–Crippen MR) is 135 cm³/mol. The Morgan fingerprint density at radius 2 is 2.08 bits per heavy atom. The molecule has 10 nitrogen and oxygen atoms in total. The number of carbonyl (C=O) groups excluding carboxylic acids is 1. The summed E-state index contributed by atoms with van der Waals surface area (Å²) in [6.07, 6.45) is 6.97. The van der Waals surface area contributed by atoms with E-state index in [0.717, 1.165) is 29.9 Å². The van der Waals surface area contributed by atoms with Crippen LogP contribution in [0.2, 0.25) is 0 Å². The maximum atomic E-state index is 13.1. The molecule has 2 N–H and O–H groups in total. The molecule has 2 aliphatic rings. The van der Waals surface area contributed by atoms with Gasteiger partial charge in [0.25, 0.3) is 0 Å². The van der Waals surface area contributed by atoms with E-state index in [1.54, 1.807) is 29.0 Å². The zero-order valence-corrected chi connectivity index (χ0v) is 19.6. The van der Waals surface area contributed by atoms with Crippen LogP contribution in [0.3, 0.4) is 0 Å². The number of rotatable bonds is 5. The second kappa shape index (κ2) is 9.41. The lowest BCUT2D eigenvalue weighted by Crippen LogP contribution is -2.41. The van der Waals surface area contributed by atoms with Gasteiger partial charge in [-0.1, -0.05) is 6.07 Å². The molecule has 2 amide bonds. The minimum absolute atomic E-state index is 0.0690. The average Bonchev–Trinajstić information content (AvgIpc) is 3.54. The summed E-state index contributed by atoms with van der Waals surface area (Å²) < 4.78 is 12.5. The lowest BCUT2D eigenvalue weighted by Gasteiger charge is -2.32. The minimum Gasteiger partial charge on any atom is -0.454 e. The number of anilines is 2. The summed E-state index contributed by atoms with van der Waals surface area (Å²) in [6.45, 7) is 2.01. The maximum absolute atomic E-state index is 13.1. The average molecular weight is 481 g/mol. The van der Waals surface area contributed by atoms with Crippen LogP contribution in [0.15, 0.2) is 55.0 Å². The van der Waals surface area contributed by atoms with E-state index < -0.39 is 0 Å². The standard InChI is InChI=1S/C25H24BN7O3/c26-19-13-29-33-23(28-12-16-3-1-7-27-11-16)10-20(31-24(19)33)17-4-2-8-32(14-17)25(34)30-18-5-6-21-22(9-18)36-15-35-21/h1,3,5-7,9-11,13,17,28H,2,4,8,12,14-15H2,(H,30,34). The highest BCUT2D eigenvalue weighted by Gasteiger charge is 2.27. The van der Waals surface area contributed by atoms with E-state index >= 15 is 0 Å². The van der Waals surface area contributed by atoms with Crippen molar-refractivity contribution in [1.82, 2.24) is 24.5 Å². The minimum atomic E-state index is -0.154. The molecular weight excluding hydrogens is 457 g/mol. The summed E-state index contributed by atoms with van der Waals surface area (Å²) in [5.74, 6) is 2.17. The number of likely N-dealkylation sites (tertiary alicyclic amines) is 1. The molecule has 1 unspecified atom stereocenters. The molecule has 4 aromatic rings. The van der Waals surface area contributed by atoms with E-state index in [0.29, 0.717) is 47.9 Å². The van der Waals surface area contributed by atoms with Gasteiger partial charge in [-0.25, -0.2) is 9.78 Å². The van der Waals surface area contributed by atoms with Gasteiger partial charge in [-0.15, -0.1) is 0 Å². The first-order chi connectivity index (χ1) is 17.6. The molecule has 1 fully saturated rings. The number of benzene rings is 1. The summed E-state index contributed by atoms with van der Waals surface area (Å²) in [4.78, 5) is 23.9. The molecule has 1 aromatic carbocycles. The van der Waals surface area contributed by atoms with Gasteiger partial charge in [-0.2, -0.15) is 9.61 Å². The number of ether oxygens (including phenoxy) is 2. The van der Waals surface area contributed by atoms with Crippen molar-refractivity contribution in [3.05, 3.63) is 66.2 Å². The van der Waals surface area contributed by atoms with Crippen molar-refractivity contribution in [1.29, 1.82) is 0 Å². The summed E-state index contributed by atoms with van der Waals surface area (Å²) in [7, 11) is 6.17. The normalized spacial score (nSPS) is 16.8. The Morgan fingerprint density at radius 3 is 2.97 bits per heavy atom. The second-order valence-electron chi connectivity index (χ2n) is 8.90. The molecule has 36 heavy (non-hydrogen) atoms. The number of urea groups is 1. The van der Waals surface area contributed by atoms with Crippen LogP contribution in [0.5, 0.6) is 11.5 Å². The Bertz CT molecular complexity index is 1410. The third-order valence-electron chi connectivity index (χ3n) is 6.47. The molecule has 180 valence electrons. The van der Waals surface area contributed by atoms with Crippen LogP contribution in [0, 0.1) is 0 Å². The van der Waals surface area contributed by atoms with Crippen LogP contribution >= 0.6 is 0 Å². The molecule has 1 atom stereocenters. The first kappa shape index (κ1) is 22.2. The predicted octanol–water partition coefficient (Wildman–Crippen LogP) is 2.67. The monoisotopic (exact) mass is 481 g/mol. The van der Waals surface area contributed by atoms with Crippen LogP contribution in [-0.2, 0) is 6.54 Å². The number of piperidine rings is 1. The Hall–Kier alpha value is -4.28. The summed E-state index contributed by atoms with van der Waals surface area (Å²) >= 11 is 0. The number of carbonyl (C=O) groups is 1. The van der Waals surface area contributed by atoms with Crippen molar-refractivity contribution < 1.29 is 14.3 Å². The first-order valence-corrected chi connectivity index (χ1v) is 11.9. The van der Waals surface area contributed by atoms with Gasteiger partial charge in [-0.3, -0.25) is 4.98 Å². The molecule has 0 spiro atoms. The molecule has 2 aliphatic heterocycles. The first-order valence-electron chi connectivity index (χ1n) is 11.9. The van der Waals surface area contributed by atoms with Crippen molar-refractivity contribution in [3.63, 3.8) is 0 Å². The van der Waals surface area contributed by atoms with Gasteiger partial charge < -0.3 is 25.0 Å². The Balaban J connectivity index is 1.20. The number of pyridine rings is 1. The van der Waals surface area contributed by atoms with Crippen molar-refractivity contribution in [3.8, 4) is 11.5 Å². The molecular formula is C25H24BN7O3. The van der Waals surface area contributed by atoms with E-state index in [-0.39, 0.29) is 18.7 Å². The smallest absolute Gasteiger partial charge is 0.321 e. The van der Waals surface area contributed by atoms with Gasteiger partial charge in [0.1, 0.15) is 13.7 Å². The maximum Gasteiger partial charge on any atom is 0.321 e.